The maximum atomic E-state index is 11.8. The van der Waals surface area contributed by atoms with Crippen LogP contribution in [0.1, 0.15) is 50.3 Å². The number of benzene rings is 2. The van der Waals surface area contributed by atoms with Crippen LogP contribution in [0.15, 0.2) is 59.6 Å². The molecule has 1 aliphatic heterocycles. The molecule has 2 aromatic carbocycles. The normalized spacial score (nSPS) is 14.8. The van der Waals surface area contributed by atoms with Gasteiger partial charge in [0, 0.05) is 38.0 Å². The third-order valence-electron chi connectivity index (χ3n) is 5.58. The third-order valence-corrected chi connectivity index (χ3v) is 5.58. The van der Waals surface area contributed by atoms with Gasteiger partial charge in [0.05, 0.1) is 6.54 Å². The lowest BCUT2D eigenvalue weighted by Crippen LogP contribution is -2.43. The van der Waals surface area contributed by atoms with Gasteiger partial charge in [-0.05, 0) is 30.0 Å². The molecule has 5 nitrogen and oxygen atoms in total. The Morgan fingerprint density at radius 1 is 1.03 bits per heavy atom. The van der Waals surface area contributed by atoms with Gasteiger partial charge >= 0.3 is 0 Å². The minimum absolute atomic E-state index is 0.00606. The number of nitrogens with one attached hydrogen (secondary N) is 2. The maximum Gasteiger partial charge on any atom is 0.222 e. The SMILES string of the molecule is CCNC(=NCc1ccc(CN2CCCC2=O)cc1)NCC(C)(C)c1ccccc1. The van der Waals surface area contributed by atoms with E-state index in [4.69, 9.17) is 4.99 Å². The maximum absolute atomic E-state index is 11.8. The minimum Gasteiger partial charge on any atom is -0.357 e. The lowest BCUT2D eigenvalue weighted by atomic mass is 9.85. The zero-order chi connectivity index (χ0) is 21.4. The van der Waals surface area contributed by atoms with Gasteiger partial charge in [-0.3, -0.25) is 4.79 Å². The molecule has 2 aromatic rings. The quantitative estimate of drug-likeness (QED) is 0.517. The Morgan fingerprint density at radius 3 is 2.37 bits per heavy atom. The second-order valence-electron chi connectivity index (χ2n) is 8.53. The number of amides is 1. The van der Waals surface area contributed by atoms with Crippen LogP contribution < -0.4 is 10.6 Å². The highest BCUT2D eigenvalue weighted by Gasteiger charge is 2.21. The number of carbonyl (C=O) groups is 1. The van der Waals surface area contributed by atoms with E-state index in [9.17, 15) is 4.79 Å². The van der Waals surface area contributed by atoms with Gasteiger partial charge in [0.1, 0.15) is 0 Å². The van der Waals surface area contributed by atoms with Crippen LogP contribution in [0.25, 0.3) is 0 Å². The van der Waals surface area contributed by atoms with Crippen LogP contribution in [0.2, 0.25) is 0 Å². The van der Waals surface area contributed by atoms with E-state index >= 15 is 0 Å². The van der Waals surface area contributed by atoms with Crippen LogP contribution in [0, 0.1) is 0 Å². The molecule has 1 heterocycles. The Bertz CT molecular complexity index is 843. The van der Waals surface area contributed by atoms with Gasteiger partial charge in [-0.1, -0.05) is 68.4 Å². The molecule has 0 aliphatic carbocycles. The lowest BCUT2D eigenvalue weighted by molar-refractivity contribution is -0.128. The summed E-state index contributed by atoms with van der Waals surface area (Å²) in [6.45, 7) is 10.4. The van der Waals surface area contributed by atoms with E-state index in [1.807, 2.05) is 11.0 Å². The number of hydrogen-bond donors (Lipinski definition) is 2. The van der Waals surface area contributed by atoms with Gasteiger partial charge in [0.15, 0.2) is 5.96 Å². The fraction of sp³-hybridized carbons (Fsp3) is 0.440. The molecule has 0 saturated carbocycles. The van der Waals surface area contributed by atoms with E-state index in [1.165, 1.54) is 11.1 Å². The first-order chi connectivity index (χ1) is 14.5. The molecule has 3 rings (SSSR count). The van der Waals surface area contributed by atoms with Crippen LogP contribution in [-0.4, -0.2) is 36.4 Å². The largest absolute Gasteiger partial charge is 0.357 e. The zero-order valence-corrected chi connectivity index (χ0v) is 18.4. The highest BCUT2D eigenvalue weighted by Crippen LogP contribution is 2.21. The Hall–Kier alpha value is -2.82. The van der Waals surface area contributed by atoms with Gasteiger partial charge in [0.25, 0.3) is 0 Å². The van der Waals surface area contributed by atoms with E-state index in [0.717, 1.165) is 37.6 Å². The number of aliphatic imine (C=N–C) groups is 1. The molecule has 0 bridgehead atoms. The van der Waals surface area contributed by atoms with Crippen LogP contribution >= 0.6 is 0 Å². The monoisotopic (exact) mass is 406 g/mol. The van der Waals surface area contributed by atoms with Crippen molar-refractivity contribution in [3.63, 3.8) is 0 Å². The number of nitrogens with zero attached hydrogens (tertiary/aromatic N) is 2. The lowest BCUT2D eigenvalue weighted by Gasteiger charge is -2.26. The molecular weight excluding hydrogens is 372 g/mol. The molecule has 5 heteroatoms. The molecule has 0 radical (unpaired) electrons. The summed E-state index contributed by atoms with van der Waals surface area (Å²) in [4.78, 5) is 18.5. The molecule has 0 spiro atoms. The van der Waals surface area contributed by atoms with Crippen molar-refractivity contribution < 1.29 is 4.79 Å². The predicted octanol–water partition coefficient (Wildman–Crippen LogP) is 3.84. The highest BCUT2D eigenvalue weighted by atomic mass is 16.2. The number of hydrogen-bond acceptors (Lipinski definition) is 2. The first kappa shape index (κ1) is 21.9. The zero-order valence-electron chi connectivity index (χ0n) is 18.4. The summed E-state index contributed by atoms with van der Waals surface area (Å²) in [7, 11) is 0. The van der Waals surface area contributed by atoms with E-state index in [0.29, 0.717) is 19.5 Å². The predicted molar refractivity (Wildman–Crippen MR) is 123 cm³/mol. The fourth-order valence-corrected chi connectivity index (χ4v) is 3.65. The van der Waals surface area contributed by atoms with Crippen molar-refractivity contribution in [3.05, 3.63) is 71.3 Å². The van der Waals surface area contributed by atoms with Crippen molar-refractivity contribution in [1.82, 2.24) is 15.5 Å². The third kappa shape index (κ3) is 6.09. The van der Waals surface area contributed by atoms with Crippen molar-refractivity contribution in [2.75, 3.05) is 19.6 Å². The average molecular weight is 407 g/mol. The first-order valence-electron chi connectivity index (χ1n) is 10.9. The van der Waals surface area contributed by atoms with Gasteiger partial charge < -0.3 is 15.5 Å². The van der Waals surface area contributed by atoms with Crippen molar-refractivity contribution in [3.8, 4) is 0 Å². The second kappa shape index (κ2) is 10.3. The smallest absolute Gasteiger partial charge is 0.222 e. The van der Waals surface area contributed by atoms with E-state index in [1.54, 1.807) is 0 Å². The van der Waals surface area contributed by atoms with E-state index < -0.39 is 0 Å². The average Bonchev–Trinajstić information content (AvgIpc) is 3.16. The molecular formula is C25H34N4O. The molecule has 1 amide bonds. The summed E-state index contributed by atoms with van der Waals surface area (Å²) in [5, 5.41) is 6.83. The standard InChI is InChI=1S/C25H34N4O/c1-4-26-24(28-19-25(2,3)22-9-6-5-7-10-22)27-17-20-12-14-21(15-13-20)18-29-16-8-11-23(29)30/h5-7,9-10,12-15H,4,8,11,16-19H2,1-3H3,(H2,26,27,28). The molecule has 1 fully saturated rings. The van der Waals surface area contributed by atoms with Gasteiger partial charge in [-0.15, -0.1) is 0 Å². The molecule has 2 N–H and O–H groups in total. The van der Waals surface area contributed by atoms with Crippen LogP contribution in [0.3, 0.4) is 0 Å². The molecule has 30 heavy (non-hydrogen) atoms. The Balaban J connectivity index is 1.56. The number of likely N-dealkylation sites (tertiary alicyclic amines) is 1. The number of rotatable bonds is 8. The Morgan fingerprint density at radius 2 is 1.73 bits per heavy atom. The highest BCUT2D eigenvalue weighted by molar-refractivity contribution is 5.80. The van der Waals surface area contributed by atoms with Gasteiger partial charge in [-0.2, -0.15) is 0 Å². The second-order valence-corrected chi connectivity index (χ2v) is 8.53. The summed E-state index contributed by atoms with van der Waals surface area (Å²) in [5.74, 6) is 1.09. The Labute approximate surface area is 180 Å². The van der Waals surface area contributed by atoms with Crippen molar-refractivity contribution in [2.24, 2.45) is 4.99 Å². The summed E-state index contributed by atoms with van der Waals surface area (Å²) in [6.07, 6.45) is 1.67. The molecule has 0 atom stereocenters. The summed E-state index contributed by atoms with van der Waals surface area (Å²) in [6, 6.07) is 19.0. The van der Waals surface area contributed by atoms with Crippen molar-refractivity contribution >= 4 is 11.9 Å². The van der Waals surface area contributed by atoms with Gasteiger partial charge in [-0.25, -0.2) is 4.99 Å². The number of guanidine groups is 1. The topological polar surface area (TPSA) is 56.7 Å². The van der Waals surface area contributed by atoms with Crippen molar-refractivity contribution in [1.29, 1.82) is 0 Å². The molecule has 1 saturated heterocycles. The van der Waals surface area contributed by atoms with Crippen molar-refractivity contribution in [2.45, 2.75) is 52.1 Å². The fourth-order valence-electron chi connectivity index (χ4n) is 3.65. The van der Waals surface area contributed by atoms with Crippen LogP contribution in [0.5, 0.6) is 0 Å². The molecule has 160 valence electrons. The Kier molecular flexibility index (Phi) is 7.50. The molecule has 0 unspecified atom stereocenters. The van der Waals surface area contributed by atoms with E-state index in [-0.39, 0.29) is 11.3 Å². The van der Waals surface area contributed by atoms with E-state index in [2.05, 4.69) is 79.9 Å². The summed E-state index contributed by atoms with van der Waals surface area (Å²) in [5.41, 5.74) is 3.64. The summed E-state index contributed by atoms with van der Waals surface area (Å²) >= 11 is 0. The number of carbonyl (C=O) groups excluding carboxylic acids is 1. The van der Waals surface area contributed by atoms with Gasteiger partial charge in [0.2, 0.25) is 5.91 Å². The van der Waals surface area contributed by atoms with Crippen LogP contribution in [0.4, 0.5) is 0 Å². The molecule has 0 aromatic heterocycles. The first-order valence-corrected chi connectivity index (χ1v) is 10.9. The summed E-state index contributed by atoms with van der Waals surface area (Å²) < 4.78 is 0. The van der Waals surface area contributed by atoms with Crippen LogP contribution in [-0.2, 0) is 23.3 Å². The minimum atomic E-state index is 0.00606. The molecule has 1 aliphatic rings.